The Kier molecular flexibility index (Phi) is 4.94. The number of benzene rings is 1. The van der Waals surface area contributed by atoms with Crippen molar-refractivity contribution >= 4 is 15.9 Å². The molecule has 1 aromatic heterocycles. The lowest BCUT2D eigenvalue weighted by molar-refractivity contribution is 0.167. The Hall–Kier alpha value is -1.20. The van der Waals surface area contributed by atoms with Crippen LogP contribution in [0.1, 0.15) is 36.9 Å². The zero-order chi connectivity index (χ0) is 14.7. The van der Waals surface area contributed by atoms with E-state index in [-0.39, 0.29) is 5.82 Å². The molecule has 0 amide bonds. The van der Waals surface area contributed by atoms with Gasteiger partial charge in [-0.1, -0.05) is 28.9 Å². The highest BCUT2D eigenvalue weighted by atomic mass is 79.9. The zero-order valence-electron chi connectivity index (χ0n) is 11.6. The second-order valence-corrected chi connectivity index (χ2v) is 5.54. The van der Waals surface area contributed by atoms with Gasteiger partial charge in [-0.3, -0.25) is 4.68 Å². The monoisotopic (exact) mass is 340 g/mol. The Morgan fingerprint density at radius 1 is 1.35 bits per heavy atom. The largest absolute Gasteiger partial charge is 0.386 e. The second kappa shape index (κ2) is 6.50. The lowest BCUT2D eigenvalue weighted by Gasteiger charge is -2.13. The highest BCUT2D eigenvalue weighted by Gasteiger charge is 2.16. The highest BCUT2D eigenvalue weighted by molar-refractivity contribution is 9.10. The first-order chi connectivity index (χ1) is 9.55. The van der Waals surface area contributed by atoms with Crippen molar-refractivity contribution in [3.05, 3.63) is 51.5 Å². The predicted molar refractivity (Wildman–Crippen MR) is 80.0 cm³/mol. The normalized spacial score (nSPS) is 12.7. The van der Waals surface area contributed by atoms with E-state index in [9.17, 15) is 9.50 Å². The first-order valence-corrected chi connectivity index (χ1v) is 7.53. The SMILES string of the molecule is CCc1cc(C(O)Cc2ccc(F)cc2Br)n(CC)n1. The first kappa shape index (κ1) is 15.2. The van der Waals surface area contributed by atoms with Crippen LogP contribution >= 0.6 is 15.9 Å². The molecule has 108 valence electrons. The average Bonchev–Trinajstić information content (AvgIpc) is 2.85. The number of aryl methyl sites for hydroxylation is 2. The summed E-state index contributed by atoms with van der Waals surface area (Å²) in [6.07, 6.45) is 0.618. The van der Waals surface area contributed by atoms with Crippen LogP contribution < -0.4 is 0 Å². The molecule has 2 aromatic rings. The molecule has 5 heteroatoms. The molecule has 2 rings (SSSR count). The van der Waals surface area contributed by atoms with Crippen LogP contribution in [-0.4, -0.2) is 14.9 Å². The van der Waals surface area contributed by atoms with Crippen molar-refractivity contribution in [3.63, 3.8) is 0 Å². The zero-order valence-corrected chi connectivity index (χ0v) is 13.2. The summed E-state index contributed by atoms with van der Waals surface area (Å²) in [5.74, 6) is -0.290. The number of aromatic nitrogens is 2. The molecular formula is C15H18BrFN2O. The van der Waals surface area contributed by atoms with E-state index in [1.165, 1.54) is 12.1 Å². The van der Waals surface area contributed by atoms with E-state index in [0.717, 1.165) is 29.9 Å². The summed E-state index contributed by atoms with van der Waals surface area (Å²) in [6.45, 7) is 4.75. The highest BCUT2D eigenvalue weighted by Crippen LogP contribution is 2.25. The van der Waals surface area contributed by atoms with E-state index in [0.29, 0.717) is 10.9 Å². The van der Waals surface area contributed by atoms with Crippen molar-refractivity contribution < 1.29 is 9.50 Å². The van der Waals surface area contributed by atoms with E-state index < -0.39 is 6.10 Å². The molecule has 1 atom stereocenters. The minimum atomic E-state index is -0.649. The van der Waals surface area contributed by atoms with Crippen molar-refractivity contribution in [1.29, 1.82) is 0 Å². The fourth-order valence-electron chi connectivity index (χ4n) is 2.18. The molecule has 1 aromatic carbocycles. The van der Waals surface area contributed by atoms with Gasteiger partial charge in [0.2, 0.25) is 0 Å². The summed E-state index contributed by atoms with van der Waals surface area (Å²) in [5.41, 5.74) is 2.65. The van der Waals surface area contributed by atoms with Gasteiger partial charge in [0.25, 0.3) is 0 Å². The molecule has 1 N–H and O–H groups in total. The molecule has 20 heavy (non-hydrogen) atoms. The van der Waals surface area contributed by atoms with Crippen molar-refractivity contribution in [2.24, 2.45) is 0 Å². The maximum absolute atomic E-state index is 13.1. The van der Waals surface area contributed by atoms with E-state index in [1.54, 1.807) is 6.07 Å². The summed E-state index contributed by atoms with van der Waals surface area (Å²) >= 11 is 3.33. The summed E-state index contributed by atoms with van der Waals surface area (Å²) in [7, 11) is 0. The minimum absolute atomic E-state index is 0.290. The number of aliphatic hydroxyl groups excluding tert-OH is 1. The molecular weight excluding hydrogens is 323 g/mol. The Bertz CT molecular complexity index is 598. The summed E-state index contributed by atoms with van der Waals surface area (Å²) < 4.78 is 15.6. The van der Waals surface area contributed by atoms with E-state index in [1.807, 2.05) is 24.6 Å². The van der Waals surface area contributed by atoms with Gasteiger partial charge in [0.05, 0.1) is 17.5 Å². The molecule has 0 saturated carbocycles. The van der Waals surface area contributed by atoms with Gasteiger partial charge >= 0.3 is 0 Å². The molecule has 0 bridgehead atoms. The fraction of sp³-hybridized carbons (Fsp3) is 0.400. The van der Waals surface area contributed by atoms with Gasteiger partial charge in [-0.15, -0.1) is 0 Å². The van der Waals surface area contributed by atoms with Crippen LogP contribution in [0.4, 0.5) is 4.39 Å². The maximum Gasteiger partial charge on any atom is 0.124 e. The summed E-state index contributed by atoms with van der Waals surface area (Å²) in [4.78, 5) is 0. The van der Waals surface area contributed by atoms with Gasteiger partial charge in [0.15, 0.2) is 0 Å². The van der Waals surface area contributed by atoms with Crippen LogP contribution in [0.15, 0.2) is 28.7 Å². The molecule has 0 saturated heterocycles. The van der Waals surface area contributed by atoms with Crippen molar-refractivity contribution in [3.8, 4) is 0 Å². The van der Waals surface area contributed by atoms with Gasteiger partial charge in [-0.2, -0.15) is 5.10 Å². The number of halogens is 2. The van der Waals surface area contributed by atoms with Gasteiger partial charge in [-0.05, 0) is 37.1 Å². The molecule has 0 aliphatic heterocycles. The molecule has 0 aliphatic rings. The maximum atomic E-state index is 13.1. The molecule has 0 spiro atoms. The molecule has 0 radical (unpaired) electrons. The molecule has 1 heterocycles. The van der Waals surface area contributed by atoms with Crippen LogP contribution in [0.2, 0.25) is 0 Å². The van der Waals surface area contributed by atoms with Gasteiger partial charge in [-0.25, -0.2) is 4.39 Å². The van der Waals surface area contributed by atoms with Gasteiger partial charge in [0, 0.05) is 17.4 Å². The average molecular weight is 341 g/mol. The van der Waals surface area contributed by atoms with Crippen LogP contribution in [-0.2, 0) is 19.4 Å². The summed E-state index contributed by atoms with van der Waals surface area (Å²) in [6, 6.07) is 6.44. The van der Waals surface area contributed by atoms with Gasteiger partial charge < -0.3 is 5.11 Å². The Morgan fingerprint density at radius 3 is 2.70 bits per heavy atom. The van der Waals surface area contributed by atoms with Crippen molar-refractivity contribution in [1.82, 2.24) is 9.78 Å². The third-order valence-electron chi connectivity index (χ3n) is 3.29. The quantitative estimate of drug-likeness (QED) is 0.902. The third kappa shape index (κ3) is 3.27. The first-order valence-electron chi connectivity index (χ1n) is 6.73. The standard InChI is InChI=1S/C15H18BrFN2O/c1-3-12-9-14(19(4-2)18-12)15(20)7-10-5-6-11(17)8-13(10)16/h5-6,8-9,15,20H,3-4,7H2,1-2H3. The van der Waals surface area contributed by atoms with Crippen molar-refractivity contribution in [2.75, 3.05) is 0 Å². The van der Waals surface area contributed by atoms with Crippen LogP contribution in [0.25, 0.3) is 0 Å². The van der Waals surface area contributed by atoms with E-state index >= 15 is 0 Å². The van der Waals surface area contributed by atoms with E-state index in [2.05, 4.69) is 21.0 Å². The van der Waals surface area contributed by atoms with Crippen molar-refractivity contribution in [2.45, 2.75) is 39.3 Å². The molecule has 1 unspecified atom stereocenters. The minimum Gasteiger partial charge on any atom is -0.386 e. The van der Waals surface area contributed by atoms with Gasteiger partial charge in [0.1, 0.15) is 5.82 Å². The predicted octanol–water partition coefficient (Wildman–Crippen LogP) is 3.64. The lowest BCUT2D eigenvalue weighted by atomic mass is 10.1. The Labute approximate surface area is 126 Å². The molecule has 0 fully saturated rings. The topological polar surface area (TPSA) is 38.0 Å². The molecule has 3 nitrogen and oxygen atoms in total. The van der Waals surface area contributed by atoms with E-state index in [4.69, 9.17) is 0 Å². The number of hydrogen-bond donors (Lipinski definition) is 1. The number of nitrogens with zero attached hydrogens (tertiary/aromatic N) is 2. The fourth-order valence-corrected chi connectivity index (χ4v) is 2.69. The van der Waals surface area contributed by atoms with Crippen LogP contribution in [0.5, 0.6) is 0 Å². The Morgan fingerprint density at radius 2 is 2.10 bits per heavy atom. The van der Waals surface area contributed by atoms with Crippen LogP contribution in [0, 0.1) is 5.82 Å². The number of aliphatic hydroxyl groups is 1. The van der Waals surface area contributed by atoms with Crippen LogP contribution in [0.3, 0.4) is 0 Å². The Balaban J connectivity index is 2.23. The summed E-state index contributed by atoms with van der Waals surface area (Å²) in [5, 5.41) is 14.8. The number of rotatable bonds is 5. The third-order valence-corrected chi connectivity index (χ3v) is 4.03. The lowest BCUT2D eigenvalue weighted by Crippen LogP contribution is -2.10. The smallest absolute Gasteiger partial charge is 0.124 e. The number of hydrogen-bond acceptors (Lipinski definition) is 2. The second-order valence-electron chi connectivity index (χ2n) is 4.69. The molecule has 0 aliphatic carbocycles.